The Labute approximate surface area is 290 Å². The molecular formula is C48H31NO. The molecule has 10 rings (SSSR count). The average Bonchev–Trinajstić information content (AvgIpc) is 3.58. The van der Waals surface area contributed by atoms with Crippen molar-refractivity contribution in [1.82, 2.24) is 0 Å². The number of benzene rings is 9. The van der Waals surface area contributed by atoms with Crippen molar-refractivity contribution in [3.63, 3.8) is 0 Å². The van der Waals surface area contributed by atoms with Gasteiger partial charge < -0.3 is 9.32 Å². The zero-order valence-electron chi connectivity index (χ0n) is 27.3. The molecule has 1 aromatic heterocycles. The maximum Gasteiger partial charge on any atom is 0.145 e. The molecule has 0 spiro atoms. The largest absolute Gasteiger partial charge is 0.455 e. The minimum Gasteiger partial charge on any atom is -0.455 e. The van der Waals surface area contributed by atoms with Crippen molar-refractivity contribution in [2.75, 3.05) is 4.90 Å². The first-order chi connectivity index (χ1) is 24.8. The molecule has 50 heavy (non-hydrogen) atoms. The Morgan fingerprint density at radius 3 is 1.82 bits per heavy atom. The topological polar surface area (TPSA) is 16.4 Å². The van der Waals surface area contributed by atoms with E-state index in [9.17, 15) is 0 Å². The molecule has 2 heteroatoms. The first kappa shape index (κ1) is 28.4. The van der Waals surface area contributed by atoms with Gasteiger partial charge in [0.25, 0.3) is 0 Å². The monoisotopic (exact) mass is 637 g/mol. The fourth-order valence-corrected chi connectivity index (χ4v) is 7.74. The number of hydrogen-bond donors (Lipinski definition) is 0. The molecule has 0 aliphatic rings. The van der Waals surface area contributed by atoms with Gasteiger partial charge in [-0.15, -0.1) is 0 Å². The van der Waals surface area contributed by atoms with Gasteiger partial charge in [-0.05, 0) is 80.0 Å². The van der Waals surface area contributed by atoms with Crippen LogP contribution in [0.25, 0.3) is 76.5 Å². The number of furan rings is 1. The van der Waals surface area contributed by atoms with Gasteiger partial charge in [0.05, 0.1) is 16.8 Å². The molecule has 0 unspecified atom stereocenters. The summed E-state index contributed by atoms with van der Waals surface area (Å²) in [4.78, 5) is 2.42. The van der Waals surface area contributed by atoms with E-state index in [-0.39, 0.29) is 0 Å². The van der Waals surface area contributed by atoms with Crippen LogP contribution in [0.1, 0.15) is 0 Å². The van der Waals surface area contributed by atoms with Gasteiger partial charge in [-0.1, -0.05) is 152 Å². The van der Waals surface area contributed by atoms with E-state index in [1.807, 2.05) is 6.07 Å². The quantitative estimate of drug-likeness (QED) is 0.175. The summed E-state index contributed by atoms with van der Waals surface area (Å²) in [5, 5.41) is 9.59. The summed E-state index contributed by atoms with van der Waals surface area (Å²) >= 11 is 0. The molecule has 0 saturated carbocycles. The molecule has 9 aromatic carbocycles. The van der Waals surface area contributed by atoms with E-state index in [4.69, 9.17) is 4.42 Å². The molecule has 0 aliphatic carbocycles. The van der Waals surface area contributed by atoms with Crippen LogP contribution in [0.3, 0.4) is 0 Å². The van der Waals surface area contributed by atoms with Crippen LogP contribution in [-0.2, 0) is 0 Å². The molecule has 0 amide bonds. The van der Waals surface area contributed by atoms with Crippen LogP contribution in [0.4, 0.5) is 17.1 Å². The maximum atomic E-state index is 6.74. The Balaban J connectivity index is 1.25. The molecule has 0 atom stereocenters. The normalized spacial score (nSPS) is 11.6. The summed E-state index contributed by atoms with van der Waals surface area (Å²) < 4.78 is 6.74. The third-order valence-corrected chi connectivity index (χ3v) is 10.1. The molecule has 0 radical (unpaired) electrons. The first-order valence-corrected chi connectivity index (χ1v) is 17.1. The van der Waals surface area contributed by atoms with E-state index in [1.165, 1.54) is 43.4 Å². The SMILES string of the molecule is c1ccc(-c2ccc(N(c3ccc(-c4cccc5ccccc45)cc3)c3cccc4c3ccc3ccccc34)c3c2oc2ccccc23)cc1. The maximum absolute atomic E-state index is 6.74. The van der Waals surface area contributed by atoms with Crippen molar-refractivity contribution in [1.29, 1.82) is 0 Å². The summed E-state index contributed by atoms with van der Waals surface area (Å²) in [7, 11) is 0. The zero-order chi connectivity index (χ0) is 33.0. The van der Waals surface area contributed by atoms with Crippen LogP contribution in [-0.4, -0.2) is 0 Å². The number of nitrogens with zero attached hydrogens (tertiary/aromatic N) is 1. The van der Waals surface area contributed by atoms with Gasteiger partial charge in [0.2, 0.25) is 0 Å². The molecular weight excluding hydrogens is 607 g/mol. The second-order valence-corrected chi connectivity index (χ2v) is 12.9. The molecule has 1 heterocycles. The number of anilines is 3. The second kappa shape index (κ2) is 11.5. The standard InChI is InChI=1S/C48H31NO/c1-2-12-33(13-3-1)40-30-31-45(47-43-19-8-9-23-46(43)50-48(40)47)49(44-22-11-21-41-39-18-7-5-15-34(39)26-29-42(41)44)36-27-24-35(25-28-36)38-20-10-16-32-14-4-6-17-37(32)38/h1-31H. The van der Waals surface area contributed by atoms with E-state index >= 15 is 0 Å². The smallest absolute Gasteiger partial charge is 0.145 e. The lowest BCUT2D eigenvalue weighted by Gasteiger charge is -2.28. The van der Waals surface area contributed by atoms with Gasteiger partial charge in [0, 0.05) is 22.0 Å². The molecule has 0 N–H and O–H groups in total. The van der Waals surface area contributed by atoms with Crippen molar-refractivity contribution in [2.45, 2.75) is 0 Å². The Hall–Kier alpha value is -6.64. The van der Waals surface area contributed by atoms with Gasteiger partial charge in [-0.25, -0.2) is 0 Å². The molecule has 2 nitrogen and oxygen atoms in total. The highest BCUT2D eigenvalue weighted by atomic mass is 16.3. The molecule has 0 saturated heterocycles. The zero-order valence-corrected chi connectivity index (χ0v) is 27.3. The van der Waals surface area contributed by atoms with Gasteiger partial charge in [-0.2, -0.15) is 0 Å². The van der Waals surface area contributed by atoms with Gasteiger partial charge in [0.1, 0.15) is 11.2 Å². The van der Waals surface area contributed by atoms with Crippen molar-refractivity contribution >= 4 is 71.3 Å². The van der Waals surface area contributed by atoms with Crippen LogP contribution < -0.4 is 4.90 Å². The number of rotatable bonds is 5. The van der Waals surface area contributed by atoms with Crippen molar-refractivity contribution in [2.24, 2.45) is 0 Å². The highest BCUT2D eigenvalue weighted by molar-refractivity contribution is 6.19. The highest BCUT2D eigenvalue weighted by Gasteiger charge is 2.23. The van der Waals surface area contributed by atoms with E-state index in [2.05, 4.69) is 187 Å². The molecule has 234 valence electrons. The predicted molar refractivity (Wildman–Crippen MR) is 212 cm³/mol. The van der Waals surface area contributed by atoms with E-state index < -0.39 is 0 Å². The van der Waals surface area contributed by atoms with Crippen LogP contribution in [0.15, 0.2) is 192 Å². The van der Waals surface area contributed by atoms with Crippen molar-refractivity contribution in [3.8, 4) is 22.3 Å². The summed E-state index contributed by atoms with van der Waals surface area (Å²) in [6, 6.07) is 67.4. The second-order valence-electron chi connectivity index (χ2n) is 12.9. The van der Waals surface area contributed by atoms with Crippen LogP contribution in [0, 0.1) is 0 Å². The summed E-state index contributed by atoms with van der Waals surface area (Å²) in [6.45, 7) is 0. The lowest BCUT2D eigenvalue weighted by Crippen LogP contribution is -2.11. The Morgan fingerprint density at radius 2 is 0.980 bits per heavy atom. The summed E-state index contributed by atoms with van der Waals surface area (Å²) in [5.41, 5.74) is 9.66. The third kappa shape index (κ3) is 4.50. The summed E-state index contributed by atoms with van der Waals surface area (Å²) in [6.07, 6.45) is 0. The fraction of sp³-hybridized carbons (Fsp3) is 0. The van der Waals surface area contributed by atoms with E-state index in [0.29, 0.717) is 0 Å². The number of hydrogen-bond acceptors (Lipinski definition) is 2. The van der Waals surface area contributed by atoms with Gasteiger partial charge in [0.15, 0.2) is 0 Å². The Bertz CT molecular complexity index is 2860. The van der Waals surface area contributed by atoms with Crippen molar-refractivity contribution in [3.05, 3.63) is 188 Å². The van der Waals surface area contributed by atoms with Gasteiger partial charge >= 0.3 is 0 Å². The Morgan fingerprint density at radius 1 is 0.340 bits per heavy atom. The van der Waals surface area contributed by atoms with Crippen LogP contribution in [0.5, 0.6) is 0 Å². The third-order valence-electron chi connectivity index (χ3n) is 10.1. The Kier molecular flexibility index (Phi) is 6.53. The molecule has 0 aliphatic heterocycles. The lowest BCUT2D eigenvalue weighted by atomic mass is 9.96. The number of para-hydroxylation sites is 1. The minimum absolute atomic E-state index is 0.877. The minimum atomic E-state index is 0.877. The highest BCUT2D eigenvalue weighted by Crippen LogP contribution is 2.48. The van der Waals surface area contributed by atoms with Gasteiger partial charge in [-0.3, -0.25) is 0 Å². The summed E-state index contributed by atoms with van der Waals surface area (Å²) in [5.74, 6) is 0. The molecule has 0 bridgehead atoms. The molecule has 10 aromatic rings. The number of fused-ring (bicyclic) bond motifs is 7. The molecule has 0 fully saturated rings. The van der Waals surface area contributed by atoms with Crippen LogP contribution >= 0.6 is 0 Å². The van der Waals surface area contributed by atoms with Crippen LogP contribution in [0.2, 0.25) is 0 Å². The lowest BCUT2D eigenvalue weighted by molar-refractivity contribution is 0.670. The van der Waals surface area contributed by atoms with E-state index in [1.54, 1.807) is 0 Å². The van der Waals surface area contributed by atoms with Crippen molar-refractivity contribution < 1.29 is 4.42 Å². The predicted octanol–water partition coefficient (Wildman–Crippen LogP) is 13.8. The van der Waals surface area contributed by atoms with E-state index in [0.717, 1.165) is 50.1 Å². The fourth-order valence-electron chi connectivity index (χ4n) is 7.74. The average molecular weight is 638 g/mol. The first-order valence-electron chi connectivity index (χ1n) is 17.1.